The first-order valence-corrected chi connectivity index (χ1v) is 4.59. The smallest absolute Gasteiger partial charge is 0.136 e. The van der Waals surface area contributed by atoms with Crippen molar-refractivity contribution in [3.63, 3.8) is 0 Å². The van der Waals surface area contributed by atoms with E-state index in [1.165, 1.54) is 12.0 Å². The molecule has 3 nitrogen and oxygen atoms in total. The fourth-order valence-electron chi connectivity index (χ4n) is 1.72. The number of pyridine rings is 1. The molecule has 66 valence electrons. The van der Waals surface area contributed by atoms with Crippen LogP contribution in [0, 0.1) is 0 Å². The molecule has 3 heteroatoms. The first-order valence-electron chi connectivity index (χ1n) is 4.59. The van der Waals surface area contributed by atoms with Gasteiger partial charge in [-0.1, -0.05) is 6.07 Å². The highest BCUT2D eigenvalue weighted by Gasteiger charge is 2.18. The van der Waals surface area contributed by atoms with Crippen molar-refractivity contribution < 1.29 is 0 Å². The van der Waals surface area contributed by atoms with Gasteiger partial charge in [0.05, 0.1) is 0 Å². The van der Waals surface area contributed by atoms with Crippen LogP contribution in [0.3, 0.4) is 0 Å². The van der Waals surface area contributed by atoms with Crippen LogP contribution < -0.4 is 5.32 Å². The molecule has 2 aromatic rings. The molecule has 0 aliphatic carbocycles. The second-order valence-corrected chi connectivity index (χ2v) is 3.45. The first kappa shape index (κ1) is 7.09. The SMILES string of the molecule is c1cn2cc([C@H]3CCN3)ccc2n1. The lowest BCUT2D eigenvalue weighted by molar-refractivity contribution is 0.382. The molecular weight excluding hydrogens is 162 g/mol. The van der Waals surface area contributed by atoms with E-state index < -0.39 is 0 Å². The summed E-state index contributed by atoms with van der Waals surface area (Å²) in [6, 6.07) is 4.78. The molecule has 13 heavy (non-hydrogen) atoms. The fraction of sp³-hybridized carbons (Fsp3) is 0.300. The van der Waals surface area contributed by atoms with E-state index in [0.29, 0.717) is 6.04 Å². The molecule has 0 saturated carbocycles. The molecule has 0 radical (unpaired) electrons. The quantitative estimate of drug-likeness (QED) is 0.705. The Morgan fingerprint density at radius 1 is 1.46 bits per heavy atom. The zero-order valence-corrected chi connectivity index (χ0v) is 7.27. The van der Waals surface area contributed by atoms with E-state index in [2.05, 4.69) is 33.0 Å². The third-order valence-electron chi connectivity index (χ3n) is 2.64. The predicted molar refractivity (Wildman–Crippen MR) is 50.6 cm³/mol. The van der Waals surface area contributed by atoms with Crippen molar-refractivity contribution in [3.8, 4) is 0 Å². The molecule has 1 aliphatic heterocycles. The Morgan fingerprint density at radius 2 is 2.38 bits per heavy atom. The molecule has 3 rings (SSSR count). The van der Waals surface area contributed by atoms with Crippen molar-refractivity contribution >= 4 is 5.65 Å². The second-order valence-electron chi connectivity index (χ2n) is 3.45. The van der Waals surface area contributed by atoms with Gasteiger partial charge in [0.25, 0.3) is 0 Å². The normalized spacial score (nSPS) is 21.7. The minimum absolute atomic E-state index is 0.562. The van der Waals surface area contributed by atoms with E-state index in [1.54, 1.807) is 0 Å². The molecule has 1 N–H and O–H groups in total. The summed E-state index contributed by atoms with van der Waals surface area (Å²) >= 11 is 0. The van der Waals surface area contributed by atoms with Gasteiger partial charge in [0.15, 0.2) is 0 Å². The summed E-state index contributed by atoms with van der Waals surface area (Å²) in [5, 5.41) is 3.38. The van der Waals surface area contributed by atoms with Crippen LogP contribution in [0.15, 0.2) is 30.7 Å². The summed E-state index contributed by atoms with van der Waals surface area (Å²) in [6.07, 6.45) is 7.21. The van der Waals surface area contributed by atoms with Crippen LogP contribution in [0.25, 0.3) is 5.65 Å². The number of rotatable bonds is 1. The predicted octanol–water partition coefficient (Wildman–Crippen LogP) is 1.37. The zero-order chi connectivity index (χ0) is 8.67. The van der Waals surface area contributed by atoms with Gasteiger partial charge in [0.1, 0.15) is 5.65 Å². The Bertz CT molecular complexity index is 428. The number of hydrogen-bond donors (Lipinski definition) is 1. The van der Waals surface area contributed by atoms with Gasteiger partial charge in [-0.15, -0.1) is 0 Å². The maximum Gasteiger partial charge on any atom is 0.136 e. The number of nitrogens with one attached hydrogen (secondary N) is 1. The number of fused-ring (bicyclic) bond motifs is 1. The van der Waals surface area contributed by atoms with Crippen LogP contribution >= 0.6 is 0 Å². The Morgan fingerprint density at radius 3 is 3.15 bits per heavy atom. The van der Waals surface area contributed by atoms with E-state index in [9.17, 15) is 0 Å². The van der Waals surface area contributed by atoms with Crippen LogP contribution in [0.4, 0.5) is 0 Å². The van der Waals surface area contributed by atoms with Gasteiger partial charge in [-0.05, 0) is 24.6 Å². The van der Waals surface area contributed by atoms with Gasteiger partial charge < -0.3 is 9.72 Å². The zero-order valence-electron chi connectivity index (χ0n) is 7.27. The molecule has 0 unspecified atom stereocenters. The topological polar surface area (TPSA) is 29.3 Å². The van der Waals surface area contributed by atoms with E-state index in [1.807, 2.05) is 12.4 Å². The molecular formula is C10H11N3. The molecule has 1 saturated heterocycles. The average Bonchev–Trinajstić information content (AvgIpc) is 2.47. The lowest BCUT2D eigenvalue weighted by atomic mass is 10.00. The summed E-state index contributed by atoms with van der Waals surface area (Å²) < 4.78 is 2.06. The molecule has 0 aromatic carbocycles. The van der Waals surface area contributed by atoms with E-state index >= 15 is 0 Å². The van der Waals surface area contributed by atoms with Crippen LogP contribution in [0.2, 0.25) is 0 Å². The first-order chi connectivity index (χ1) is 6.43. The molecule has 2 aromatic heterocycles. The molecule has 3 heterocycles. The number of imidazole rings is 1. The highest BCUT2D eigenvalue weighted by Crippen LogP contribution is 2.22. The Hall–Kier alpha value is -1.35. The van der Waals surface area contributed by atoms with Crippen molar-refractivity contribution in [1.29, 1.82) is 0 Å². The number of aromatic nitrogens is 2. The Labute approximate surface area is 76.4 Å². The van der Waals surface area contributed by atoms with Gasteiger partial charge >= 0.3 is 0 Å². The highest BCUT2D eigenvalue weighted by atomic mass is 15.0. The highest BCUT2D eigenvalue weighted by molar-refractivity contribution is 5.40. The lowest BCUT2D eigenvalue weighted by Crippen LogP contribution is -2.35. The van der Waals surface area contributed by atoms with Gasteiger partial charge in [0, 0.05) is 24.6 Å². The Kier molecular flexibility index (Phi) is 1.40. The number of hydrogen-bond acceptors (Lipinski definition) is 2. The monoisotopic (exact) mass is 173 g/mol. The molecule has 0 bridgehead atoms. The summed E-state index contributed by atoms with van der Waals surface area (Å²) in [4.78, 5) is 4.21. The molecule has 1 atom stereocenters. The molecule has 1 fully saturated rings. The van der Waals surface area contributed by atoms with Crippen molar-refractivity contribution in [2.75, 3.05) is 6.54 Å². The van der Waals surface area contributed by atoms with Gasteiger partial charge in [-0.3, -0.25) is 0 Å². The molecule has 0 amide bonds. The van der Waals surface area contributed by atoms with Gasteiger partial charge in [0.2, 0.25) is 0 Å². The largest absolute Gasteiger partial charge is 0.310 e. The van der Waals surface area contributed by atoms with Gasteiger partial charge in [-0.2, -0.15) is 0 Å². The summed E-state index contributed by atoms with van der Waals surface area (Å²) in [5.41, 5.74) is 2.37. The minimum Gasteiger partial charge on any atom is -0.310 e. The van der Waals surface area contributed by atoms with Crippen molar-refractivity contribution in [1.82, 2.24) is 14.7 Å². The molecule has 0 spiro atoms. The van der Waals surface area contributed by atoms with Crippen LogP contribution in [0.5, 0.6) is 0 Å². The van der Waals surface area contributed by atoms with Crippen LogP contribution in [-0.4, -0.2) is 15.9 Å². The fourth-order valence-corrected chi connectivity index (χ4v) is 1.72. The summed E-state index contributed by atoms with van der Waals surface area (Å²) in [6.45, 7) is 1.15. The third-order valence-corrected chi connectivity index (χ3v) is 2.64. The average molecular weight is 173 g/mol. The second kappa shape index (κ2) is 2.57. The van der Waals surface area contributed by atoms with E-state index in [0.717, 1.165) is 12.2 Å². The maximum atomic E-state index is 4.21. The van der Waals surface area contributed by atoms with E-state index in [4.69, 9.17) is 0 Å². The summed E-state index contributed by atoms with van der Waals surface area (Å²) in [5.74, 6) is 0. The minimum atomic E-state index is 0.562. The van der Waals surface area contributed by atoms with Crippen molar-refractivity contribution in [3.05, 3.63) is 36.3 Å². The third kappa shape index (κ3) is 1.04. The molecule has 1 aliphatic rings. The van der Waals surface area contributed by atoms with E-state index in [-0.39, 0.29) is 0 Å². The van der Waals surface area contributed by atoms with Crippen molar-refractivity contribution in [2.24, 2.45) is 0 Å². The van der Waals surface area contributed by atoms with Crippen molar-refractivity contribution in [2.45, 2.75) is 12.5 Å². The maximum absolute atomic E-state index is 4.21. The Balaban J connectivity index is 2.09. The lowest BCUT2D eigenvalue weighted by Gasteiger charge is -2.27. The number of nitrogens with zero attached hydrogens (tertiary/aromatic N) is 2. The summed E-state index contributed by atoms with van der Waals surface area (Å²) in [7, 11) is 0. The standard InChI is InChI=1S/C10H11N3/c1-2-10-12-5-6-13(10)7-8(1)9-3-4-11-9/h1-2,5-7,9,11H,3-4H2/t9-/m1/s1. The van der Waals surface area contributed by atoms with Crippen LogP contribution in [0.1, 0.15) is 18.0 Å². The van der Waals surface area contributed by atoms with Gasteiger partial charge in [-0.25, -0.2) is 4.98 Å². The van der Waals surface area contributed by atoms with Crippen LogP contribution in [-0.2, 0) is 0 Å².